The number of hydrogen-bond donors (Lipinski definition) is 3. The molecule has 0 aliphatic heterocycles. The average Bonchev–Trinajstić information content (AvgIpc) is 2.36. The number of nitrogens with two attached hydrogens (primary N) is 1. The molecule has 1 aromatic rings. The molecule has 0 fully saturated rings. The lowest BCUT2D eigenvalue weighted by Gasteiger charge is -2.11. The van der Waals surface area contributed by atoms with E-state index in [1.807, 2.05) is 6.92 Å². The molecule has 0 radical (unpaired) electrons. The molecule has 0 saturated carbocycles. The van der Waals surface area contributed by atoms with Crippen molar-refractivity contribution in [2.24, 2.45) is 5.73 Å². The summed E-state index contributed by atoms with van der Waals surface area (Å²) in [5.74, 6) is -0.514. The molecule has 0 aliphatic carbocycles. The van der Waals surface area contributed by atoms with Crippen molar-refractivity contribution in [1.82, 2.24) is 10.3 Å². The number of pyridine rings is 1. The van der Waals surface area contributed by atoms with Gasteiger partial charge in [-0.25, -0.2) is 4.98 Å². The van der Waals surface area contributed by atoms with E-state index in [2.05, 4.69) is 15.6 Å². The van der Waals surface area contributed by atoms with Gasteiger partial charge in [0, 0.05) is 12.7 Å². The van der Waals surface area contributed by atoms with Crippen LogP contribution in [0.15, 0.2) is 12.3 Å². The summed E-state index contributed by atoms with van der Waals surface area (Å²) in [7, 11) is 0. The molecule has 1 aromatic heterocycles. The smallest absolute Gasteiger partial charge is 0.253 e. The van der Waals surface area contributed by atoms with Crippen molar-refractivity contribution in [3.8, 4) is 0 Å². The minimum atomic E-state index is -0.746. The summed E-state index contributed by atoms with van der Waals surface area (Å²) in [5.41, 5.74) is 5.34. The van der Waals surface area contributed by atoms with Crippen LogP contribution in [0.1, 0.15) is 30.6 Å². The molecule has 0 aromatic carbocycles. The molecule has 0 aliphatic rings. The molecule has 1 atom stereocenters. The fourth-order valence-corrected chi connectivity index (χ4v) is 1.52. The van der Waals surface area contributed by atoms with E-state index in [1.54, 1.807) is 0 Å². The van der Waals surface area contributed by atoms with E-state index in [9.17, 15) is 9.59 Å². The first-order valence-electron chi connectivity index (χ1n) is 5.95. The molecule has 1 unspecified atom stereocenters. The van der Waals surface area contributed by atoms with Crippen molar-refractivity contribution >= 4 is 29.2 Å². The Bertz CT molecular complexity index is 479. The van der Waals surface area contributed by atoms with E-state index >= 15 is 0 Å². The molecule has 7 heteroatoms. The van der Waals surface area contributed by atoms with Crippen molar-refractivity contribution in [3.63, 3.8) is 0 Å². The maximum atomic E-state index is 11.8. The van der Waals surface area contributed by atoms with Crippen LogP contribution in [0.3, 0.4) is 0 Å². The van der Waals surface area contributed by atoms with Crippen molar-refractivity contribution < 1.29 is 9.59 Å². The van der Waals surface area contributed by atoms with Crippen molar-refractivity contribution in [2.75, 3.05) is 11.9 Å². The molecular formula is C12H17ClN4O2. The third-order valence-electron chi connectivity index (χ3n) is 2.42. The molecule has 2 amide bonds. The van der Waals surface area contributed by atoms with Crippen LogP contribution in [-0.4, -0.2) is 29.4 Å². The second-order valence-corrected chi connectivity index (χ2v) is 4.49. The van der Waals surface area contributed by atoms with Crippen LogP contribution in [0.5, 0.6) is 0 Å². The molecule has 0 bridgehead atoms. The monoisotopic (exact) mass is 284 g/mol. The third kappa shape index (κ3) is 4.40. The fourth-order valence-electron chi connectivity index (χ4n) is 1.29. The largest absolute Gasteiger partial charge is 0.369 e. The number of aromatic nitrogens is 1. The topological polar surface area (TPSA) is 97.1 Å². The Balaban J connectivity index is 2.77. The van der Waals surface area contributed by atoms with Gasteiger partial charge in [-0.3, -0.25) is 9.59 Å². The standard InChI is InChI=1S/C12H17ClN4O2/c1-3-4-15-11-9(13)5-8(6-16-11)12(19)17-7(2)10(14)18/h5-7H,3-4H2,1-2H3,(H2,14,18)(H,15,16)(H,17,19). The Morgan fingerprint density at radius 3 is 2.74 bits per heavy atom. The number of rotatable bonds is 6. The van der Waals surface area contributed by atoms with Gasteiger partial charge in [0.05, 0.1) is 10.6 Å². The predicted molar refractivity (Wildman–Crippen MR) is 74.2 cm³/mol. The summed E-state index contributed by atoms with van der Waals surface area (Å²) >= 11 is 6.01. The van der Waals surface area contributed by atoms with Gasteiger partial charge in [-0.2, -0.15) is 0 Å². The van der Waals surface area contributed by atoms with Crippen LogP contribution in [0.25, 0.3) is 0 Å². The van der Waals surface area contributed by atoms with Gasteiger partial charge in [0.15, 0.2) is 0 Å². The van der Waals surface area contributed by atoms with E-state index in [0.717, 1.165) is 13.0 Å². The lowest BCUT2D eigenvalue weighted by Crippen LogP contribution is -2.42. The Morgan fingerprint density at radius 1 is 1.53 bits per heavy atom. The van der Waals surface area contributed by atoms with Crippen LogP contribution < -0.4 is 16.4 Å². The number of carbonyl (C=O) groups excluding carboxylic acids is 2. The van der Waals surface area contributed by atoms with E-state index < -0.39 is 17.9 Å². The average molecular weight is 285 g/mol. The lowest BCUT2D eigenvalue weighted by atomic mass is 10.2. The fraction of sp³-hybridized carbons (Fsp3) is 0.417. The van der Waals surface area contributed by atoms with E-state index in [0.29, 0.717) is 10.8 Å². The Labute approximate surface area is 116 Å². The number of hydrogen-bond acceptors (Lipinski definition) is 4. The number of anilines is 1. The zero-order chi connectivity index (χ0) is 14.4. The normalized spacial score (nSPS) is 11.7. The SMILES string of the molecule is CCCNc1ncc(C(=O)NC(C)C(N)=O)cc1Cl. The highest BCUT2D eigenvalue weighted by Crippen LogP contribution is 2.20. The number of primary amides is 1. The number of nitrogens with zero attached hydrogens (tertiary/aromatic N) is 1. The minimum Gasteiger partial charge on any atom is -0.369 e. The highest BCUT2D eigenvalue weighted by molar-refractivity contribution is 6.33. The van der Waals surface area contributed by atoms with Crippen LogP contribution >= 0.6 is 11.6 Å². The van der Waals surface area contributed by atoms with Gasteiger partial charge in [0.2, 0.25) is 5.91 Å². The highest BCUT2D eigenvalue weighted by Gasteiger charge is 2.15. The third-order valence-corrected chi connectivity index (χ3v) is 2.71. The molecule has 6 nitrogen and oxygen atoms in total. The summed E-state index contributed by atoms with van der Waals surface area (Å²) in [6, 6.07) is 0.749. The molecule has 19 heavy (non-hydrogen) atoms. The maximum absolute atomic E-state index is 11.8. The first kappa shape index (κ1) is 15.2. The maximum Gasteiger partial charge on any atom is 0.253 e. The number of amides is 2. The molecule has 0 saturated heterocycles. The summed E-state index contributed by atoms with van der Waals surface area (Å²) in [6.45, 7) is 4.28. The first-order valence-corrected chi connectivity index (χ1v) is 6.33. The zero-order valence-electron chi connectivity index (χ0n) is 10.9. The van der Waals surface area contributed by atoms with Crippen molar-refractivity contribution in [3.05, 3.63) is 22.8 Å². The molecule has 0 spiro atoms. The van der Waals surface area contributed by atoms with Gasteiger partial charge >= 0.3 is 0 Å². The van der Waals surface area contributed by atoms with Crippen molar-refractivity contribution in [2.45, 2.75) is 26.3 Å². The number of carbonyl (C=O) groups is 2. The zero-order valence-corrected chi connectivity index (χ0v) is 11.6. The molecular weight excluding hydrogens is 268 g/mol. The van der Waals surface area contributed by atoms with E-state index in [1.165, 1.54) is 19.2 Å². The Hall–Kier alpha value is -1.82. The molecule has 1 heterocycles. The highest BCUT2D eigenvalue weighted by atomic mass is 35.5. The second kappa shape index (κ2) is 6.94. The predicted octanol–water partition coefficient (Wildman–Crippen LogP) is 1.16. The molecule has 104 valence electrons. The summed E-state index contributed by atoms with van der Waals surface area (Å²) < 4.78 is 0. The van der Waals surface area contributed by atoms with E-state index in [-0.39, 0.29) is 5.56 Å². The quantitative estimate of drug-likeness (QED) is 0.730. The van der Waals surface area contributed by atoms with Gasteiger partial charge in [0.25, 0.3) is 5.91 Å². The molecule has 1 rings (SSSR count). The van der Waals surface area contributed by atoms with Gasteiger partial charge < -0.3 is 16.4 Å². The van der Waals surface area contributed by atoms with Crippen LogP contribution in [-0.2, 0) is 4.79 Å². The number of halogens is 1. The van der Waals surface area contributed by atoms with Crippen LogP contribution in [0, 0.1) is 0 Å². The van der Waals surface area contributed by atoms with Crippen LogP contribution in [0.4, 0.5) is 5.82 Å². The molecule has 4 N–H and O–H groups in total. The Kier molecular flexibility index (Phi) is 5.57. The first-order chi connectivity index (χ1) is 8.95. The van der Waals surface area contributed by atoms with Crippen LogP contribution in [0.2, 0.25) is 5.02 Å². The van der Waals surface area contributed by atoms with Gasteiger partial charge in [-0.05, 0) is 19.4 Å². The minimum absolute atomic E-state index is 0.278. The lowest BCUT2D eigenvalue weighted by molar-refractivity contribution is -0.119. The number of nitrogens with one attached hydrogen (secondary N) is 2. The Morgan fingerprint density at radius 2 is 2.21 bits per heavy atom. The second-order valence-electron chi connectivity index (χ2n) is 4.08. The van der Waals surface area contributed by atoms with Crippen molar-refractivity contribution in [1.29, 1.82) is 0 Å². The van der Waals surface area contributed by atoms with Gasteiger partial charge in [-0.15, -0.1) is 0 Å². The summed E-state index contributed by atoms with van der Waals surface area (Å²) in [4.78, 5) is 26.7. The van der Waals surface area contributed by atoms with E-state index in [4.69, 9.17) is 17.3 Å². The summed E-state index contributed by atoms with van der Waals surface area (Å²) in [5, 5.41) is 5.85. The van der Waals surface area contributed by atoms with Gasteiger partial charge in [-0.1, -0.05) is 18.5 Å². The summed E-state index contributed by atoms with van der Waals surface area (Å²) in [6.07, 6.45) is 2.34. The van der Waals surface area contributed by atoms with Gasteiger partial charge in [0.1, 0.15) is 11.9 Å².